The van der Waals surface area contributed by atoms with Crippen LogP contribution in [0.25, 0.3) is 0 Å². The monoisotopic (exact) mass is 451 g/mol. The molecular formula is C17H17ClF3N3O4S. The number of nitrogens with one attached hydrogen (secondary N) is 2. The van der Waals surface area contributed by atoms with E-state index in [0.29, 0.717) is 5.69 Å². The van der Waals surface area contributed by atoms with Crippen molar-refractivity contribution in [1.82, 2.24) is 4.98 Å². The quantitative estimate of drug-likeness (QED) is 0.645. The molecule has 1 aromatic heterocycles. The van der Waals surface area contributed by atoms with Gasteiger partial charge in [0, 0.05) is 5.69 Å². The average molecular weight is 452 g/mol. The van der Waals surface area contributed by atoms with E-state index in [1.54, 1.807) is 19.9 Å². The van der Waals surface area contributed by atoms with Crippen LogP contribution in [0.5, 0.6) is 0 Å². The van der Waals surface area contributed by atoms with Gasteiger partial charge in [-0.15, -0.1) is 0 Å². The molecule has 0 aliphatic heterocycles. The number of aryl methyl sites for hydroxylation is 2. The van der Waals surface area contributed by atoms with Crippen LogP contribution in [-0.4, -0.2) is 36.2 Å². The van der Waals surface area contributed by atoms with Crippen molar-refractivity contribution in [1.29, 1.82) is 0 Å². The molecule has 1 atom stereocenters. The number of carbonyl (C=O) groups is 1. The Morgan fingerprint density at radius 1 is 1.17 bits per heavy atom. The Bertz CT molecular complexity index is 1040. The first-order valence-electron chi connectivity index (χ1n) is 8.02. The van der Waals surface area contributed by atoms with Gasteiger partial charge in [-0.05, 0) is 56.7 Å². The summed E-state index contributed by atoms with van der Waals surface area (Å²) in [7, 11) is -4.11. The Kier molecular flexibility index (Phi) is 6.17. The smallest absolute Gasteiger partial charge is 0.373 e. The Labute approximate surface area is 170 Å². The van der Waals surface area contributed by atoms with E-state index in [4.69, 9.17) is 11.6 Å². The zero-order valence-electron chi connectivity index (χ0n) is 15.4. The molecule has 0 radical (unpaired) electrons. The molecule has 1 amide bonds. The normalized spacial score (nSPS) is 14.2. The third-order valence-corrected chi connectivity index (χ3v) is 5.49. The van der Waals surface area contributed by atoms with Crippen LogP contribution < -0.4 is 10.0 Å². The number of anilines is 2. The highest BCUT2D eigenvalue weighted by Gasteiger charge is 2.55. The minimum Gasteiger partial charge on any atom is -0.373 e. The summed E-state index contributed by atoms with van der Waals surface area (Å²) in [4.78, 5) is 15.5. The third kappa shape index (κ3) is 5.17. The number of pyridine rings is 1. The second-order valence-corrected chi connectivity index (χ2v) is 8.53. The van der Waals surface area contributed by atoms with Crippen LogP contribution in [0.15, 0.2) is 35.2 Å². The molecule has 2 rings (SSSR count). The van der Waals surface area contributed by atoms with E-state index in [-0.39, 0.29) is 28.3 Å². The fourth-order valence-corrected chi connectivity index (χ4v) is 3.54. The zero-order chi connectivity index (χ0) is 22.2. The first-order valence-corrected chi connectivity index (χ1v) is 9.88. The van der Waals surface area contributed by atoms with Crippen LogP contribution in [0.1, 0.15) is 18.2 Å². The maximum absolute atomic E-state index is 12.7. The first-order chi connectivity index (χ1) is 13.1. The summed E-state index contributed by atoms with van der Waals surface area (Å²) in [5, 5.41) is 10.9. The van der Waals surface area contributed by atoms with Gasteiger partial charge in [0.15, 0.2) is 0 Å². The average Bonchev–Trinajstić information content (AvgIpc) is 2.53. The lowest BCUT2D eigenvalue weighted by atomic mass is 10.1. The van der Waals surface area contributed by atoms with Crippen molar-refractivity contribution in [3.05, 3.63) is 46.6 Å². The number of hydrogen-bond acceptors (Lipinski definition) is 5. The maximum Gasteiger partial charge on any atom is 0.426 e. The molecule has 1 heterocycles. The number of hydrogen-bond donors (Lipinski definition) is 3. The summed E-state index contributed by atoms with van der Waals surface area (Å²) in [5.41, 5.74) is -2.58. The van der Waals surface area contributed by atoms with Gasteiger partial charge in [-0.2, -0.15) is 13.2 Å². The number of benzene rings is 1. The van der Waals surface area contributed by atoms with Crippen LogP contribution in [-0.2, 0) is 14.8 Å². The van der Waals surface area contributed by atoms with Crippen molar-refractivity contribution in [2.24, 2.45) is 0 Å². The molecule has 0 saturated heterocycles. The van der Waals surface area contributed by atoms with Crippen molar-refractivity contribution in [2.75, 3.05) is 10.0 Å². The molecule has 12 heteroatoms. The van der Waals surface area contributed by atoms with Gasteiger partial charge in [0.05, 0.1) is 15.6 Å². The SMILES string of the molecule is Cc1cc(C)nc(NS(=O)(=O)c2ccc(NC(=O)C(C)(O)C(F)(F)F)c(Cl)c2)c1. The molecule has 2 aromatic rings. The summed E-state index contributed by atoms with van der Waals surface area (Å²) in [5.74, 6) is -1.68. The van der Waals surface area contributed by atoms with Crippen molar-refractivity contribution >= 4 is 39.0 Å². The fourth-order valence-electron chi connectivity index (χ4n) is 2.23. The van der Waals surface area contributed by atoms with E-state index in [1.807, 2.05) is 5.32 Å². The largest absolute Gasteiger partial charge is 0.426 e. The topological polar surface area (TPSA) is 108 Å². The summed E-state index contributed by atoms with van der Waals surface area (Å²) < 4.78 is 65.5. The highest BCUT2D eigenvalue weighted by molar-refractivity contribution is 7.92. The summed E-state index contributed by atoms with van der Waals surface area (Å²) in [6.07, 6.45) is -5.21. The van der Waals surface area contributed by atoms with Crippen molar-refractivity contribution < 1.29 is 31.5 Å². The standard InChI is InChI=1S/C17H17ClF3N3O4S/c1-9-6-10(2)22-14(7-9)24-29(27,28)11-4-5-13(12(18)8-11)23-15(25)16(3,26)17(19,20)21/h4-8,26H,1-3H3,(H,22,24)(H,23,25). The third-order valence-electron chi connectivity index (χ3n) is 3.83. The number of alkyl halides is 3. The lowest BCUT2D eigenvalue weighted by Crippen LogP contribution is -2.52. The molecule has 158 valence electrons. The summed E-state index contributed by atoms with van der Waals surface area (Å²) in [6.45, 7) is 3.74. The van der Waals surface area contributed by atoms with Gasteiger partial charge in [0.25, 0.3) is 15.9 Å². The number of aliphatic hydroxyl groups is 1. The second kappa shape index (κ2) is 7.81. The van der Waals surface area contributed by atoms with Gasteiger partial charge in [-0.1, -0.05) is 11.6 Å². The number of halogens is 4. The lowest BCUT2D eigenvalue weighted by Gasteiger charge is -2.25. The number of aromatic nitrogens is 1. The van der Waals surface area contributed by atoms with Gasteiger partial charge >= 0.3 is 6.18 Å². The van der Waals surface area contributed by atoms with Gasteiger partial charge in [-0.3, -0.25) is 9.52 Å². The highest BCUT2D eigenvalue weighted by atomic mass is 35.5. The van der Waals surface area contributed by atoms with Crippen LogP contribution in [0.2, 0.25) is 5.02 Å². The van der Waals surface area contributed by atoms with E-state index in [1.165, 1.54) is 6.07 Å². The molecule has 1 unspecified atom stereocenters. The van der Waals surface area contributed by atoms with Gasteiger partial charge in [0.1, 0.15) is 5.82 Å². The van der Waals surface area contributed by atoms with Crippen molar-refractivity contribution in [3.63, 3.8) is 0 Å². The van der Waals surface area contributed by atoms with E-state index < -0.39 is 27.7 Å². The minimum atomic E-state index is -5.21. The number of carbonyl (C=O) groups excluding carboxylic acids is 1. The number of amides is 1. The van der Waals surface area contributed by atoms with Gasteiger partial charge in [-0.25, -0.2) is 13.4 Å². The van der Waals surface area contributed by atoms with E-state index in [9.17, 15) is 31.5 Å². The molecule has 0 spiro atoms. The van der Waals surface area contributed by atoms with Crippen LogP contribution in [0.3, 0.4) is 0 Å². The molecule has 0 aliphatic carbocycles. The zero-order valence-corrected chi connectivity index (χ0v) is 17.0. The molecule has 0 saturated carbocycles. The van der Waals surface area contributed by atoms with Gasteiger partial charge in [0.2, 0.25) is 5.60 Å². The summed E-state index contributed by atoms with van der Waals surface area (Å²) >= 11 is 5.91. The first kappa shape index (κ1) is 22.9. The lowest BCUT2D eigenvalue weighted by molar-refractivity contribution is -0.242. The van der Waals surface area contributed by atoms with Crippen LogP contribution in [0, 0.1) is 13.8 Å². The van der Waals surface area contributed by atoms with E-state index in [0.717, 1.165) is 23.8 Å². The molecule has 0 aliphatic rings. The molecule has 0 bridgehead atoms. The fraction of sp³-hybridized carbons (Fsp3) is 0.294. The van der Waals surface area contributed by atoms with Crippen LogP contribution in [0.4, 0.5) is 24.7 Å². The molecule has 0 fully saturated rings. The Morgan fingerprint density at radius 3 is 2.31 bits per heavy atom. The van der Waals surface area contributed by atoms with Crippen LogP contribution >= 0.6 is 11.6 Å². The molecule has 3 N–H and O–H groups in total. The maximum atomic E-state index is 12.7. The Hall–Kier alpha value is -2.37. The van der Waals surface area contributed by atoms with Crippen molar-refractivity contribution in [3.8, 4) is 0 Å². The number of nitrogens with zero attached hydrogens (tertiary/aromatic N) is 1. The molecular weight excluding hydrogens is 435 g/mol. The number of sulfonamides is 1. The predicted octanol–water partition coefficient (Wildman–Crippen LogP) is 3.40. The van der Waals surface area contributed by atoms with E-state index >= 15 is 0 Å². The predicted molar refractivity (Wildman–Crippen MR) is 101 cm³/mol. The molecule has 1 aromatic carbocycles. The second-order valence-electron chi connectivity index (χ2n) is 6.44. The van der Waals surface area contributed by atoms with Crippen molar-refractivity contribution in [2.45, 2.75) is 37.4 Å². The number of rotatable bonds is 5. The van der Waals surface area contributed by atoms with E-state index in [2.05, 4.69) is 9.71 Å². The highest BCUT2D eigenvalue weighted by Crippen LogP contribution is 2.33. The Morgan fingerprint density at radius 2 is 1.79 bits per heavy atom. The Balaban J connectivity index is 2.27. The summed E-state index contributed by atoms with van der Waals surface area (Å²) in [6, 6.07) is 6.26. The molecule has 7 nitrogen and oxygen atoms in total. The van der Waals surface area contributed by atoms with Gasteiger partial charge < -0.3 is 10.4 Å². The minimum absolute atomic E-state index is 0.0808. The molecule has 29 heavy (non-hydrogen) atoms.